The average Bonchev–Trinajstić information content (AvgIpc) is 2.41. The van der Waals surface area contributed by atoms with Crippen molar-refractivity contribution in [1.82, 2.24) is 10.6 Å². The van der Waals surface area contributed by atoms with Gasteiger partial charge >= 0.3 is 5.97 Å². The molecule has 9 heteroatoms. The highest BCUT2D eigenvalue weighted by atomic mass is 32.2. The monoisotopic (exact) mass is 319 g/mol. The van der Waals surface area contributed by atoms with E-state index in [1.807, 2.05) is 0 Å². The van der Waals surface area contributed by atoms with Crippen molar-refractivity contribution in [2.45, 2.75) is 31.8 Å². The Labute approximate surface area is 127 Å². The Morgan fingerprint density at radius 2 is 1.90 bits per heavy atom. The van der Waals surface area contributed by atoms with Crippen LogP contribution in [0.1, 0.15) is 19.8 Å². The van der Waals surface area contributed by atoms with Crippen LogP contribution in [0.5, 0.6) is 0 Å². The Morgan fingerprint density at radius 3 is 2.38 bits per heavy atom. The largest absolute Gasteiger partial charge is 0.480 e. The summed E-state index contributed by atoms with van der Waals surface area (Å²) in [5.41, 5.74) is 5.52. The Kier molecular flexibility index (Phi) is 9.39. The van der Waals surface area contributed by atoms with Crippen LogP contribution in [0, 0.1) is 0 Å². The lowest BCUT2D eigenvalue weighted by atomic mass is 10.1. The SMILES string of the molecule is CSC[C@H](NC(=O)CC[C@H](N)C(C)=O)C(=O)NCC(=O)O. The minimum atomic E-state index is -1.16. The van der Waals surface area contributed by atoms with Crippen LogP contribution in [0.4, 0.5) is 0 Å². The van der Waals surface area contributed by atoms with Crippen molar-refractivity contribution < 1.29 is 24.3 Å². The van der Waals surface area contributed by atoms with Gasteiger partial charge in [-0.2, -0.15) is 11.8 Å². The molecular weight excluding hydrogens is 298 g/mol. The van der Waals surface area contributed by atoms with Gasteiger partial charge in [-0.25, -0.2) is 0 Å². The number of Topliss-reactive ketones (excluding diaryl/α,β-unsaturated/α-hetero) is 1. The third-order valence-corrected chi connectivity index (χ3v) is 3.27. The predicted octanol–water partition coefficient (Wildman–Crippen LogP) is -1.27. The average molecular weight is 319 g/mol. The molecule has 0 aliphatic rings. The summed E-state index contributed by atoms with van der Waals surface area (Å²) in [5, 5.41) is 13.2. The van der Waals surface area contributed by atoms with E-state index in [0.29, 0.717) is 5.75 Å². The molecule has 0 saturated heterocycles. The Hall–Kier alpha value is -1.61. The van der Waals surface area contributed by atoms with Crippen LogP contribution >= 0.6 is 11.8 Å². The molecule has 0 aliphatic heterocycles. The molecule has 0 saturated carbocycles. The molecule has 0 unspecified atom stereocenters. The summed E-state index contributed by atoms with van der Waals surface area (Å²) < 4.78 is 0. The smallest absolute Gasteiger partial charge is 0.322 e. The summed E-state index contributed by atoms with van der Waals surface area (Å²) in [6.07, 6.45) is 1.98. The number of hydrogen-bond donors (Lipinski definition) is 4. The number of rotatable bonds is 10. The molecule has 0 bridgehead atoms. The number of thioether (sulfide) groups is 1. The molecule has 2 amide bonds. The molecule has 0 rings (SSSR count). The maximum atomic E-state index is 11.7. The van der Waals surface area contributed by atoms with Gasteiger partial charge in [-0.15, -0.1) is 0 Å². The van der Waals surface area contributed by atoms with Crippen molar-refractivity contribution >= 4 is 35.3 Å². The summed E-state index contributed by atoms with van der Waals surface area (Å²) in [6.45, 7) is 0.841. The van der Waals surface area contributed by atoms with E-state index < -0.39 is 36.4 Å². The molecule has 8 nitrogen and oxygen atoms in total. The number of hydrogen-bond acceptors (Lipinski definition) is 6. The molecule has 0 radical (unpaired) electrons. The zero-order valence-electron chi connectivity index (χ0n) is 12.0. The highest BCUT2D eigenvalue weighted by molar-refractivity contribution is 7.98. The van der Waals surface area contributed by atoms with E-state index in [-0.39, 0.29) is 18.6 Å². The van der Waals surface area contributed by atoms with Crippen LogP contribution in [0.3, 0.4) is 0 Å². The fourth-order valence-electron chi connectivity index (χ4n) is 1.39. The van der Waals surface area contributed by atoms with E-state index in [4.69, 9.17) is 10.8 Å². The predicted molar refractivity (Wildman–Crippen MR) is 78.8 cm³/mol. The van der Waals surface area contributed by atoms with E-state index in [1.54, 1.807) is 6.26 Å². The van der Waals surface area contributed by atoms with Crippen LogP contribution in [-0.2, 0) is 19.2 Å². The van der Waals surface area contributed by atoms with Crippen molar-refractivity contribution in [1.29, 1.82) is 0 Å². The van der Waals surface area contributed by atoms with E-state index in [9.17, 15) is 19.2 Å². The van der Waals surface area contributed by atoms with Gasteiger partial charge in [0.05, 0.1) is 6.04 Å². The summed E-state index contributed by atoms with van der Waals surface area (Å²) in [4.78, 5) is 44.8. The summed E-state index contributed by atoms with van der Waals surface area (Å²) in [5.74, 6) is -2.02. The lowest BCUT2D eigenvalue weighted by Gasteiger charge is -2.17. The quantitative estimate of drug-likeness (QED) is 0.394. The second-order valence-corrected chi connectivity index (χ2v) is 5.35. The summed E-state index contributed by atoms with van der Waals surface area (Å²) in [6, 6.07) is -1.52. The Bertz CT molecular complexity index is 402. The van der Waals surface area contributed by atoms with Gasteiger partial charge in [0.15, 0.2) is 0 Å². The van der Waals surface area contributed by atoms with Crippen LogP contribution in [0.2, 0.25) is 0 Å². The summed E-state index contributed by atoms with van der Waals surface area (Å²) >= 11 is 1.34. The zero-order chi connectivity index (χ0) is 16.4. The first-order valence-electron chi connectivity index (χ1n) is 6.31. The second kappa shape index (κ2) is 10.2. The van der Waals surface area contributed by atoms with Gasteiger partial charge in [0, 0.05) is 12.2 Å². The van der Waals surface area contributed by atoms with Crippen molar-refractivity contribution in [3.05, 3.63) is 0 Å². The molecule has 0 aromatic carbocycles. The number of carbonyl (C=O) groups excluding carboxylic acids is 3. The first-order valence-corrected chi connectivity index (χ1v) is 7.71. The standard InChI is InChI=1S/C12H21N3O5S/c1-7(16)8(13)3-4-10(17)15-9(6-21-2)12(20)14-5-11(18)19/h8-9H,3-6,13H2,1-2H3,(H,14,20)(H,15,17)(H,18,19)/t8-,9-/m0/s1. The molecule has 0 fully saturated rings. The number of carboxylic acid groups (broad SMARTS) is 1. The lowest BCUT2D eigenvalue weighted by Crippen LogP contribution is -2.49. The number of aliphatic carboxylic acids is 1. The van der Waals surface area contributed by atoms with E-state index in [1.165, 1.54) is 18.7 Å². The molecule has 2 atom stereocenters. The van der Waals surface area contributed by atoms with Crippen LogP contribution in [0.15, 0.2) is 0 Å². The second-order valence-electron chi connectivity index (χ2n) is 4.44. The molecular formula is C12H21N3O5S. The minimum absolute atomic E-state index is 0.0256. The first kappa shape index (κ1) is 19.4. The molecule has 120 valence electrons. The van der Waals surface area contributed by atoms with Crippen molar-refractivity contribution in [3.8, 4) is 0 Å². The van der Waals surface area contributed by atoms with Gasteiger partial charge in [0.25, 0.3) is 0 Å². The molecule has 0 heterocycles. The van der Waals surface area contributed by atoms with Crippen molar-refractivity contribution in [2.24, 2.45) is 5.73 Å². The fourth-order valence-corrected chi connectivity index (χ4v) is 1.96. The van der Waals surface area contributed by atoms with Crippen LogP contribution in [-0.4, -0.2) is 59.3 Å². The van der Waals surface area contributed by atoms with Gasteiger partial charge in [-0.05, 0) is 19.6 Å². The number of amides is 2. The van der Waals surface area contributed by atoms with E-state index in [0.717, 1.165) is 0 Å². The highest BCUT2D eigenvalue weighted by Gasteiger charge is 2.21. The van der Waals surface area contributed by atoms with Gasteiger partial charge in [0.2, 0.25) is 11.8 Å². The highest BCUT2D eigenvalue weighted by Crippen LogP contribution is 2.01. The van der Waals surface area contributed by atoms with Crippen molar-refractivity contribution in [3.63, 3.8) is 0 Å². The van der Waals surface area contributed by atoms with Gasteiger partial charge < -0.3 is 21.5 Å². The van der Waals surface area contributed by atoms with Gasteiger partial charge in [-0.3, -0.25) is 19.2 Å². The molecule has 5 N–H and O–H groups in total. The molecule has 0 aromatic rings. The molecule has 21 heavy (non-hydrogen) atoms. The lowest BCUT2D eigenvalue weighted by molar-refractivity contribution is -0.138. The zero-order valence-corrected chi connectivity index (χ0v) is 12.9. The van der Waals surface area contributed by atoms with E-state index in [2.05, 4.69) is 10.6 Å². The van der Waals surface area contributed by atoms with Crippen molar-refractivity contribution in [2.75, 3.05) is 18.6 Å². The number of ketones is 1. The number of nitrogens with two attached hydrogens (primary N) is 1. The van der Waals surface area contributed by atoms with Crippen LogP contribution < -0.4 is 16.4 Å². The van der Waals surface area contributed by atoms with Gasteiger partial charge in [0.1, 0.15) is 18.4 Å². The normalized spacial score (nSPS) is 13.1. The molecule has 0 aromatic heterocycles. The fraction of sp³-hybridized carbons (Fsp3) is 0.667. The number of nitrogens with one attached hydrogen (secondary N) is 2. The van der Waals surface area contributed by atoms with Gasteiger partial charge in [-0.1, -0.05) is 0 Å². The maximum absolute atomic E-state index is 11.7. The Balaban J connectivity index is 4.35. The first-order chi connectivity index (χ1) is 9.77. The number of carbonyl (C=O) groups is 4. The number of carboxylic acids is 1. The topological polar surface area (TPSA) is 139 Å². The molecule has 0 spiro atoms. The third kappa shape index (κ3) is 9.03. The Morgan fingerprint density at radius 1 is 1.29 bits per heavy atom. The molecule has 0 aliphatic carbocycles. The van der Waals surface area contributed by atoms with Crippen LogP contribution in [0.25, 0.3) is 0 Å². The maximum Gasteiger partial charge on any atom is 0.322 e. The van der Waals surface area contributed by atoms with E-state index >= 15 is 0 Å². The summed E-state index contributed by atoms with van der Waals surface area (Å²) in [7, 11) is 0. The minimum Gasteiger partial charge on any atom is -0.480 e. The third-order valence-electron chi connectivity index (χ3n) is 2.60.